The Kier molecular flexibility index (Phi) is 4.77. The van der Waals surface area contributed by atoms with E-state index in [0.717, 1.165) is 11.5 Å². The average molecular weight is 380 g/mol. The van der Waals surface area contributed by atoms with Gasteiger partial charge < -0.3 is 14.7 Å². The molecule has 3 rings (SSSR count). The summed E-state index contributed by atoms with van der Waals surface area (Å²) in [4.78, 5) is 29.2. The van der Waals surface area contributed by atoms with Crippen LogP contribution in [0.4, 0.5) is 14.3 Å². The standard InChI is InChI=1S/C16H17FN4O4S/c1-16(13(22)23)5-6-21(8-16)15(24)19-14-18-12(20-26-14)9-3-4-11(25-2)10(17)7-9/h3-4,7H,5-6,8H2,1-2H3,(H,22,23)(H,18,19,20,24). The molecule has 0 aliphatic carbocycles. The Morgan fingerprint density at radius 2 is 2.23 bits per heavy atom. The van der Waals surface area contributed by atoms with E-state index < -0.39 is 23.2 Å². The van der Waals surface area contributed by atoms with Gasteiger partial charge in [0.15, 0.2) is 17.4 Å². The number of ether oxygens (including phenoxy) is 1. The monoisotopic (exact) mass is 380 g/mol. The molecule has 26 heavy (non-hydrogen) atoms. The Balaban J connectivity index is 1.68. The molecule has 1 aliphatic heterocycles. The summed E-state index contributed by atoms with van der Waals surface area (Å²) >= 11 is 0.964. The van der Waals surface area contributed by atoms with Crippen molar-refractivity contribution in [2.75, 3.05) is 25.5 Å². The molecular formula is C16H17FN4O4S. The van der Waals surface area contributed by atoms with Crippen molar-refractivity contribution in [1.29, 1.82) is 0 Å². The number of aliphatic carboxylic acids is 1. The third-order valence-corrected chi connectivity index (χ3v) is 4.96. The van der Waals surface area contributed by atoms with Crippen LogP contribution in [0.3, 0.4) is 0 Å². The number of halogens is 1. The van der Waals surface area contributed by atoms with E-state index in [9.17, 15) is 19.1 Å². The van der Waals surface area contributed by atoms with Crippen LogP contribution in [-0.2, 0) is 4.79 Å². The summed E-state index contributed by atoms with van der Waals surface area (Å²) in [6.45, 7) is 2.09. The molecular weight excluding hydrogens is 363 g/mol. The molecule has 1 aromatic carbocycles. The zero-order valence-electron chi connectivity index (χ0n) is 14.2. The number of carbonyl (C=O) groups is 2. The number of rotatable bonds is 4. The highest BCUT2D eigenvalue weighted by atomic mass is 32.1. The maximum atomic E-state index is 13.8. The first-order valence-electron chi connectivity index (χ1n) is 7.79. The number of carbonyl (C=O) groups excluding carboxylic acids is 1. The van der Waals surface area contributed by atoms with E-state index in [-0.39, 0.29) is 23.3 Å². The van der Waals surface area contributed by atoms with Crippen LogP contribution in [0.5, 0.6) is 5.75 Å². The minimum Gasteiger partial charge on any atom is -0.494 e. The van der Waals surface area contributed by atoms with Crippen LogP contribution in [0.15, 0.2) is 18.2 Å². The number of nitrogens with zero attached hydrogens (tertiary/aromatic N) is 3. The lowest BCUT2D eigenvalue weighted by molar-refractivity contribution is -0.146. The smallest absolute Gasteiger partial charge is 0.323 e. The lowest BCUT2D eigenvalue weighted by atomic mass is 9.90. The summed E-state index contributed by atoms with van der Waals surface area (Å²) in [7, 11) is 1.38. The molecule has 1 aliphatic rings. The van der Waals surface area contributed by atoms with Crippen molar-refractivity contribution < 1.29 is 23.8 Å². The number of urea groups is 1. The molecule has 2 aromatic rings. The Bertz CT molecular complexity index is 859. The Labute approximate surface area is 152 Å². The minimum atomic E-state index is -0.940. The van der Waals surface area contributed by atoms with Gasteiger partial charge in [0.05, 0.1) is 12.5 Å². The van der Waals surface area contributed by atoms with Gasteiger partial charge in [0.25, 0.3) is 0 Å². The zero-order chi connectivity index (χ0) is 18.9. The van der Waals surface area contributed by atoms with Gasteiger partial charge in [-0.25, -0.2) is 9.18 Å². The molecule has 1 atom stereocenters. The van der Waals surface area contributed by atoms with E-state index in [1.165, 1.54) is 24.1 Å². The van der Waals surface area contributed by atoms with Crippen LogP contribution in [0, 0.1) is 11.2 Å². The van der Waals surface area contributed by atoms with Crippen LogP contribution < -0.4 is 10.1 Å². The summed E-state index contributed by atoms with van der Waals surface area (Å²) in [6.07, 6.45) is 0.391. The topological polar surface area (TPSA) is 105 Å². The number of benzene rings is 1. The second kappa shape index (κ2) is 6.87. The number of hydrogen-bond acceptors (Lipinski definition) is 6. The van der Waals surface area contributed by atoms with E-state index in [2.05, 4.69) is 14.7 Å². The molecule has 10 heteroatoms. The first kappa shape index (κ1) is 18.1. The van der Waals surface area contributed by atoms with Crippen molar-refractivity contribution in [3.05, 3.63) is 24.0 Å². The number of carboxylic acids is 1. The fourth-order valence-corrected chi connectivity index (χ4v) is 3.26. The molecule has 1 saturated heterocycles. The van der Waals surface area contributed by atoms with Gasteiger partial charge in [-0.3, -0.25) is 10.1 Å². The first-order valence-corrected chi connectivity index (χ1v) is 8.57. The van der Waals surface area contributed by atoms with Gasteiger partial charge >= 0.3 is 12.0 Å². The quantitative estimate of drug-likeness (QED) is 0.845. The number of likely N-dealkylation sites (tertiary alicyclic amines) is 1. The molecule has 1 fully saturated rings. The van der Waals surface area contributed by atoms with E-state index in [0.29, 0.717) is 18.5 Å². The van der Waals surface area contributed by atoms with E-state index >= 15 is 0 Å². The molecule has 0 bridgehead atoms. The van der Waals surface area contributed by atoms with Crippen molar-refractivity contribution in [2.24, 2.45) is 5.41 Å². The lowest BCUT2D eigenvalue weighted by Crippen LogP contribution is -2.37. The zero-order valence-corrected chi connectivity index (χ0v) is 15.0. The number of carboxylic acid groups (broad SMARTS) is 1. The van der Waals surface area contributed by atoms with Gasteiger partial charge in [-0.05, 0) is 31.5 Å². The highest BCUT2D eigenvalue weighted by Crippen LogP contribution is 2.31. The first-order chi connectivity index (χ1) is 12.3. The number of anilines is 1. The van der Waals surface area contributed by atoms with E-state index in [1.807, 2.05) is 0 Å². The Hall–Kier alpha value is -2.75. The summed E-state index contributed by atoms with van der Waals surface area (Å²) in [5, 5.41) is 12.1. The Morgan fingerprint density at radius 3 is 2.85 bits per heavy atom. The molecule has 2 amide bonds. The average Bonchev–Trinajstić information content (AvgIpc) is 3.22. The molecule has 2 heterocycles. The summed E-state index contributed by atoms with van der Waals surface area (Å²) in [6, 6.07) is 3.92. The van der Waals surface area contributed by atoms with Crippen LogP contribution in [0.25, 0.3) is 11.4 Å². The van der Waals surface area contributed by atoms with E-state index in [1.54, 1.807) is 13.0 Å². The maximum absolute atomic E-state index is 13.8. The van der Waals surface area contributed by atoms with Crippen molar-refractivity contribution in [3.63, 3.8) is 0 Å². The number of hydrogen-bond donors (Lipinski definition) is 2. The van der Waals surface area contributed by atoms with Crippen LogP contribution in [-0.4, -0.2) is 51.6 Å². The van der Waals surface area contributed by atoms with E-state index in [4.69, 9.17) is 4.74 Å². The third kappa shape index (κ3) is 3.45. The molecule has 0 spiro atoms. The minimum absolute atomic E-state index is 0.119. The predicted molar refractivity (Wildman–Crippen MR) is 92.8 cm³/mol. The fraction of sp³-hybridized carbons (Fsp3) is 0.375. The molecule has 1 aromatic heterocycles. The van der Waals surface area contributed by atoms with Gasteiger partial charge in [0.1, 0.15) is 0 Å². The van der Waals surface area contributed by atoms with Gasteiger partial charge in [0, 0.05) is 30.2 Å². The van der Waals surface area contributed by atoms with Gasteiger partial charge in [0.2, 0.25) is 5.13 Å². The molecule has 0 radical (unpaired) electrons. The number of methoxy groups -OCH3 is 1. The summed E-state index contributed by atoms with van der Waals surface area (Å²) in [5.74, 6) is -1.06. The second-order valence-electron chi connectivity index (χ2n) is 6.24. The van der Waals surface area contributed by atoms with Crippen molar-refractivity contribution in [3.8, 4) is 17.1 Å². The molecule has 2 N–H and O–H groups in total. The number of aromatic nitrogens is 2. The van der Waals surface area contributed by atoms with Gasteiger partial charge in [-0.1, -0.05) is 0 Å². The van der Waals surface area contributed by atoms with Crippen LogP contribution in [0.1, 0.15) is 13.3 Å². The molecule has 0 saturated carbocycles. The summed E-state index contributed by atoms with van der Waals surface area (Å²) < 4.78 is 22.8. The molecule has 8 nitrogen and oxygen atoms in total. The fourth-order valence-electron chi connectivity index (χ4n) is 2.68. The number of amides is 2. The van der Waals surface area contributed by atoms with Crippen LogP contribution in [0.2, 0.25) is 0 Å². The largest absolute Gasteiger partial charge is 0.494 e. The third-order valence-electron chi connectivity index (χ3n) is 4.33. The predicted octanol–water partition coefficient (Wildman–Crippen LogP) is 2.68. The van der Waals surface area contributed by atoms with Crippen molar-refractivity contribution in [2.45, 2.75) is 13.3 Å². The SMILES string of the molecule is COc1ccc(-c2nsc(NC(=O)N3CCC(C)(C(=O)O)C3)n2)cc1F. The highest BCUT2D eigenvalue weighted by molar-refractivity contribution is 7.10. The molecule has 138 valence electrons. The van der Waals surface area contributed by atoms with Crippen LogP contribution >= 0.6 is 11.5 Å². The normalized spacial score (nSPS) is 19.4. The summed E-state index contributed by atoms with van der Waals surface area (Å²) in [5.41, 5.74) is -0.482. The van der Waals surface area contributed by atoms with Crippen molar-refractivity contribution in [1.82, 2.24) is 14.3 Å². The second-order valence-corrected chi connectivity index (χ2v) is 6.99. The lowest BCUT2D eigenvalue weighted by Gasteiger charge is -2.19. The maximum Gasteiger partial charge on any atom is 0.323 e. The number of nitrogens with one attached hydrogen (secondary N) is 1. The van der Waals surface area contributed by atoms with Gasteiger partial charge in [-0.15, -0.1) is 0 Å². The Morgan fingerprint density at radius 1 is 1.46 bits per heavy atom. The van der Waals surface area contributed by atoms with Crippen molar-refractivity contribution >= 4 is 28.7 Å². The molecule has 1 unspecified atom stereocenters. The highest BCUT2D eigenvalue weighted by Gasteiger charge is 2.42. The van der Waals surface area contributed by atoms with Gasteiger partial charge in [-0.2, -0.15) is 9.36 Å².